The van der Waals surface area contributed by atoms with Crippen LogP contribution in [0.3, 0.4) is 0 Å². The Hall–Kier alpha value is -1.95. The number of aryl methyl sites for hydroxylation is 1. The summed E-state index contributed by atoms with van der Waals surface area (Å²) in [5, 5.41) is 12.6. The molecule has 0 unspecified atom stereocenters. The number of aromatic nitrogens is 2. The number of rotatable bonds is 1. The Morgan fingerprint density at radius 3 is 2.75 bits per heavy atom. The lowest BCUT2D eigenvalue weighted by Gasteiger charge is -1.96. The van der Waals surface area contributed by atoms with Crippen molar-refractivity contribution in [1.82, 2.24) is 4.57 Å². The third-order valence-electron chi connectivity index (χ3n) is 2.01. The van der Waals surface area contributed by atoms with Crippen LogP contribution in [0, 0.1) is 5.21 Å². The van der Waals surface area contributed by atoms with Gasteiger partial charge in [0.2, 0.25) is 0 Å². The summed E-state index contributed by atoms with van der Waals surface area (Å²) in [5.74, 6) is -0.348. The van der Waals surface area contributed by atoms with Crippen molar-refractivity contribution in [3.05, 3.63) is 51.7 Å². The van der Waals surface area contributed by atoms with Crippen molar-refractivity contribution < 1.29 is 9.52 Å². The van der Waals surface area contributed by atoms with Crippen LogP contribution in [0.25, 0.3) is 0 Å². The van der Waals surface area contributed by atoms with Gasteiger partial charge in [-0.25, -0.2) is 0 Å². The van der Waals surface area contributed by atoms with Crippen molar-refractivity contribution in [2.75, 3.05) is 0 Å². The minimum atomic E-state index is -0.348. The van der Waals surface area contributed by atoms with Gasteiger partial charge in [-0.15, -0.1) is 11.3 Å². The minimum Gasteiger partial charge on any atom is -0.619 e. The van der Waals surface area contributed by atoms with Crippen LogP contribution < -0.4 is 9.53 Å². The summed E-state index contributed by atoms with van der Waals surface area (Å²) >= 11 is 1.38. The van der Waals surface area contributed by atoms with E-state index in [1.165, 1.54) is 35.9 Å². The van der Waals surface area contributed by atoms with Crippen molar-refractivity contribution in [1.29, 1.82) is 0 Å². The molecule has 0 radical (unpaired) electrons. The predicted octanol–water partition coefficient (Wildman–Crippen LogP) is 0.461. The predicted molar refractivity (Wildman–Crippen MR) is 58.6 cm³/mol. The maximum Gasteiger partial charge on any atom is 0.280 e. The average molecular weight is 235 g/mol. The summed E-state index contributed by atoms with van der Waals surface area (Å²) in [6.45, 7) is 0. The summed E-state index contributed by atoms with van der Waals surface area (Å²) in [6, 6.07) is 2.90. The Labute approximate surface area is 95.5 Å². The van der Waals surface area contributed by atoms with E-state index in [-0.39, 0.29) is 5.91 Å². The number of nitrogens with zero attached hydrogens (tertiary/aromatic N) is 3. The zero-order chi connectivity index (χ0) is 11.5. The lowest BCUT2D eigenvalue weighted by Crippen LogP contribution is -2.24. The molecule has 0 aliphatic heterocycles. The Balaban J connectivity index is 2.34. The lowest BCUT2D eigenvalue weighted by molar-refractivity contribution is -0.605. The molecule has 2 aromatic rings. The SMILES string of the molecule is Cn1ccsc1=NC(=O)c1cc[n+]([O-])cc1. The third-order valence-corrected chi connectivity index (χ3v) is 2.85. The molecule has 6 heteroatoms. The second-order valence-electron chi connectivity index (χ2n) is 3.16. The van der Waals surface area contributed by atoms with E-state index in [4.69, 9.17) is 0 Å². The van der Waals surface area contributed by atoms with E-state index < -0.39 is 0 Å². The monoisotopic (exact) mass is 235 g/mol. The van der Waals surface area contributed by atoms with Gasteiger partial charge in [-0.2, -0.15) is 9.72 Å². The Morgan fingerprint density at radius 1 is 1.50 bits per heavy atom. The Bertz CT molecular complexity index is 568. The number of hydrogen-bond acceptors (Lipinski definition) is 3. The molecular formula is C10H9N3O2S. The molecule has 0 saturated heterocycles. The van der Waals surface area contributed by atoms with Gasteiger partial charge >= 0.3 is 0 Å². The van der Waals surface area contributed by atoms with Gasteiger partial charge in [-0.3, -0.25) is 4.79 Å². The van der Waals surface area contributed by atoms with Gasteiger partial charge in [0.25, 0.3) is 5.91 Å². The topological polar surface area (TPSA) is 61.3 Å². The van der Waals surface area contributed by atoms with Gasteiger partial charge < -0.3 is 9.77 Å². The smallest absolute Gasteiger partial charge is 0.280 e. The molecule has 0 atom stereocenters. The molecule has 2 rings (SSSR count). The second-order valence-corrected chi connectivity index (χ2v) is 4.03. The van der Waals surface area contributed by atoms with E-state index in [1.54, 1.807) is 4.57 Å². The number of carbonyl (C=O) groups is 1. The summed E-state index contributed by atoms with van der Waals surface area (Å²) in [6.07, 6.45) is 4.38. The van der Waals surface area contributed by atoms with Crippen molar-refractivity contribution in [3.63, 3.8) is 0 Å². The van der Waals surface area contributed by atoms with Gasteiger partial charge in [-0.05, 0) is 0 Å². The van der Waals surface area contributed by atoms with Crippen molar-refractivity contribution >= 4 is 17.2 Å². The molecule has 1 amide bonds. The molecule has 2 aromatic heterocycles. The minimum absolute atomic E-state index is 0.348. The first-order chi connectivity index (χ1) is 7.66. The maximum absolute atomic E-state index is 11.7. The molecule has 0 aliphatic rings. The quantitative estimate of drug-likeness (QED) is 0.532. The summed E-state index contributed by atoms with van der Waals surface area (Å²) in [7, 11) is 1.82. The second kappa shape index (κ2) is 4.28. The maximum atomic E-state index is 11.7. The first-order valence-electron chi connectivity index (χ1n) is 4.55. The van der Waals surface area contributed by atoms with Crippen LogP contribution in [0.15, 0.2) is 41.1 Å². The van der Waals surface area contributed by atoms with E-state index in [0.29, 0.717) is 15.1 Å². The number of thiazole rings is 1. The van der Waals surface area contributed by atoms with E-state index in [1.807, 2.05) is 18.6 Å². The van der Waals surface area contributed by atoms with Gasteiger partial charge in [-0.1, -0.05) is 0 Å². The molecule has 0 aliphatic carbocycles. The van der Waals surface area contributed by atoms with Crippen LogP contribution in [-0.4, -0.2) is 10.5 Å². The number of hydrogen-bond donors (Lipinski definition) is 0. The molecule has 0 N–H and O–H groups in total. The van der Waals surface area contributed by atoms with Crippen LogP contribution in [-0.2, 0) is 7.05 Å². The molecular weight excluding hydrogens is 226 g/mol. The number of amides is 1. The fraction of sp³-hybridized carbons (Fsp3) is 0.100. The van der Waals surface area contributed by atoms with Crippen molar-refractivity contribution in [2.45, 2.75) is 0 Å². The van der Waals surface area contributed by atoms with E-state index in [2.05, 4.69) is 4.99 Å². The largest absolute Gasteiger partial charge is 0.619 e. The highest BCUT2D eigenvalue weighted by Crippen LogP contribution is 1.98. The van der Waals surface area contributed by atoms with Crippen molar-refractivity contribution in [3.8, 4) is 0 Å². The first kappa shape index (κ1) is 10.6. The van der Waals surface area contributed by atoms with Crippen LogP contribution in [0.5, 0.6) is 0 Å². The third kappa shape index (κ3) is 2.17. The average Bonchev–Trinajstić information content (AvgIpc) is 2.65. The van der Waals surface area contributed by atoms with Crippen molar-refractivity contribution in [2.24, 2.45) is 12.0 Å². The molecule has 0 saturated carbocycles. The summed E-state index contributed by atoms with van der Waals surface area (Å²) in [4.78, 5) is 16.3. The van der Waals surface area contributed by atoms with Crippen LogP contribution in [0.1, 0.15) is 10.4 Å². The highest BCUT2D eigenvalue weighted by molar-refractivity contribution is 7.07. The zero-order valence-corrected chi connectivity index (χ0v) is 9.35. The fourth-order valence-corrected chi connectivity index (χ4v) is 1.87. The lowest BCUT2D eigenvalue weighted by atomic mass is 10.2. The molecule has 0 fully saturated rings. The molecule has 0 bridgehead atoms. The Morgan fingerprint density at radius 2 is 2.19 bits per heavy atom. The first-order valence-corrected chi connectivity index (χ1v) is 5.43. The van der Waals surface area contributed by atoms with Gasteiger partial charge in [0.15, 0.2) is 17.2 Å². The highest BCUT2D eigenvalue weighted by Gasteiger charge is 2.05. The molecule has 5 nitrogen and oxygen atoms in total. The standard InChI is InChI=1S/C10H9N3O2S/c1-12-6-7-16-10(12)11-9(14)8-2-4-13(15)5-3-8/h2-7H,1H3. The molecule has 0 aromatic carbocycles. The van der Waals surface area contributed by atoms with Crippen LogP contribution in [0.2, 0.25) is 0 Å². The molecule has 82 valence electrons. The molecule has 16 heavy (non-hydrogen) atoms. The molecule has 2 heterocycles. The summed E-state index contributed by atoms with van der Waals surface area (Å²) < 4.78 is 2.39. The van der Waals surface area contributed by atoms with Gasteiger partial charge in [0.05, 0.1) is 5.56 Å². The van der Waals surface area contributed by atoms with Crippen LogP contribution >= 0.6 is 11.3 Å². The number of pyridine rings is 1. The van der Waals surface area contributed by atoms with E-state index in [9.17, 15) is 10.0 Å². The van der Waals surface area contributed by atoms with Gasteiger partial charge in [0, 0.05) is 30.8 Å². The highest BCUT2D eigenvalue weighted by atomic mass is 32.1. The summed E-state index contributed by atoms with van der Waals surface area (Å²) in [5.41, 5.74) is 0.403. The Kier molecular flexibility index (Phi) is 2.82. The van der Waals surface area contributed by atoms with Crippen LogP contribution in [0.4, 0.5) is 0 Å². The normalized spacial score (nSPS) is 11.7. The van der Waals surface area contributed by atoms with E-state index >= 15 is 0 Å². The molecule has 0 spiro atoms. The fourth-order valence-electron chi connectivity index (χ4n) is 1.14. The zero-order valence-electron chi connectivity index (χ0n) is 8.53. The number of carbonyl (C=O) groups excluding carboxylic acids is 1. The van der Waals surface area contributed by atoms with Gasteiger partial charge in [0.1, 0.15) is 0 Å². The van der Waals surface area contributed by atoms with E-state index in [0.717, 1.165) is 0 Å².